The number of benzene rings is 1. The monoisotopic (exact) mass is 215 g/mol. The van der Waals surface area contributed by atoms with Gasteiger partial charge in [0.25, 0.3) is 0 Å². The summed E-state index contributed by atoms with van der Waals surface area (Å²) >= 11 is 0. The molecule has 0 aliphatic rings. The predicted octanol–water partition coefficient (Wildman–Crippen LogP) is 2.91. The van der Waals surface area contributed by atoms with Gasteiger partial charge < -0.3 is 10.2 Å². The zero-order valence-corrected chi connectivity index (χ0v) is 8.28. The highest BCUT2D eigenvalue weighted by Crippen LogP contribution is 2.30. The van der Waals surface area contributed by atoms with Crippen molar-refractivity contribution in [3.8, 4) is 11.5 Å². The van der Waals surface area contributed by atoms with Gasteiger partial charge in [-0.2, -0.15) is 0 Å². The standard InChI is InChI=1S/C11H9N3O2/c15-9-3-4-10(11(16)6-9)14-13-8-2-1-5-12-7-8/h1-7,15-16H. The zero-order chi connectivity index (χ0) is 11.4. The molecule has 2 aromatic rings. The van der Waals surface area contributed by atoms with Crippen molar-refractivity contribution in [3.05, 3.63) is 42.7 Å². The van der Waals surface area contributed by atoms with Crippen LogP contribution in [-0.2, 0) is 0 Å². The van der Waals surface area contributed by atoms with Gasteiger partial charge in [-0.05, 0) is 24.3 Å². The fourth-order valence-electron chi connectivity index (χ4n) is 1.12. The molecule has 0 atom stereocenters. The van der Waals surface area contributed by atoms with E-state index in [9.17, 15) is 5.11 Å². The Kier molecular flexibility index (Phi) is 2.77. The molecule has 1 heterocycles. The van der Waals surface area contributed by atoms with Crippen LogP contribution in [0, 0.1) is 0 Å². The Labute approximate surface area is 91.7 Å². The van der Waals surface area contributed by atoms with Crippen LogP contribution in [0.25, 0.3) is 0 Å². The zero-order valence-electron chi connectivity index (χ0n) is 8.28. The first-order valence-electron chi connectivity index (χ1n) is 4.59. The van der Waals surface area contributed by atoms with Gasteiger partial charge in [0.05, 0.1) is 6.20 Å². The van der Waals surface area contributed by atoms with Gasteiger partial charge in [0.2, 0.25) is 0 Å². The smallest absolute Gasteiger partial charge is 0.146 e. The quantitative estimate of drug-likeness (QED) is 0.756. The van der Waals surface area contributed by atoms with Crippen LogP contribution < -0.4 is 0 Å². The van der Waals surface area contributed by atoms with Crippen molar-refractivity contribution in [1.82, 2.24) is 4.98 Å². The van der Waals surface area contributed by atoms with E-state index in [1.807, 2.05) is 0 Å². The van der Waals surface area contributed by atoms with Crippen LogP contribution in [0.5, 0.6) is 11.5 Å². The summed E-state index contributed by atoms with van der Waals surface area (Å²) in [5, 5.41) is 26.2. The summed E-state index contributed by atoms with van der Waals surface area (Å²) in [5.41, 5.74) is 0.886. The lowest BCUT2D eigenvalue weighted by molar-refractivity contribution is 0.451. The second-order valence-corrected chi connectivity index (χ2v) is 3.08. The third kappa shape index (κ3) is 2.33. The van der Waals surface area contributed by atoms with E-state index in [1.54, 1.807) is 24.5 Å². The van der Waals surface area contributed by atoms with Crippen molar-refractivity contribution in [3.63, 3.8) is 0 Å². The molecule has 0 unspecified atom stereocenters. The molecule has 1 aromatic heterocycles. The van der Waals surface area contributed by atoms with Crippen molar-refractivity contribution in [1.29, 1.82) is 0 Å². The van der Waals surface area contributed by atoms with Crippen LogP contribution >= 0.6 is 0 Å². The van der Waals surface area contributed by atoms with Crippen molar-refractivity contribution >= 4 is 11.4 Å². The number of aromatic hydroxyl groups is 2. The minimum absolute atomic E-state index is 0.0159. The molecule has 0 bridgehead atoms. The molecule has 0 saturated heterocycles. The highest BCUT2D eigenvalue weighted by atomic mass is 16.3. The average Bonchev–Trinajstić information content (AvgIpc) is 2.29. The molecule has 1 aromatic carbocycles. The van der Waals surface area contributed by atoms with Gasteiger partial charge >= 0.3 is 0 Å². The Morgan fingerprint density at radius 1 is 1.06 bits per heavy atom. The molecule has 5 nitrogen and oxygen atoms in total. The molecule has 0 spiro atoms. The van der Waals surface area contributed by atoms with Crippen LogP contribution in [-0.4, -0.2) is 15.2 Å². The molecular formula is C11H9N3O2. The summed E-state index contributed by atoms with van der Waals surface area (Å²) in [6, 6.07) is 7.60. The Morgan fingerprint density at radius 2 is 1.94 bits per heavy atom. The highest BCUT2D eigenvalue weighted by molar-refractivity contribution is 5.53. The largest absolute Gasteiger partial charge is 0.508 e. The normalized spacial score (nSPS) is 10.8. The van der Waals surface area contributed by atoms with Crippen molar-refractivity contribution in [2.75, 3.05) is 0 Å². The number of phenols is 2. The first kappa shape index (κ1) is 10.1. The van der Waals surface area contributed by atoms with Crippen LogP contribution in [0.3, 0.4) is 0 Å². The summed E-state index contributed by atoms with van der Waals surface area (Å²) in [4.78, 5) is 3.88. The maximum atomic E-state index is 9.44. The van der Waals surface area contributed by atoms with Crippen LogP contribution in [0.15, 0.2) is 53.0 Å². The van der Waals surface area contributed by atoms with Gasteiger partial charge in [0.1, 0.15) is 22.9 Å². The molecule has 0 amide bonds. The van der Waals surface area contributed by atoms with Gasteiger partial charge in [-0.1, -0.05) is 0 Å². The Bertz CT molecular complexity index is 512. The third-order valence-corrected chi connectivity index (χ3v) is 1.88. The molecular weight excluding hydrogens is 206 g/mol. The SMILES string of the molecule is Oc1ccc(N=Nc2cccnc2)c(O)c1. The van der Waals surface area contributed by atoms with Crippen molar-refractivity contribution in [2.24, 2.45) is 10.2 Å². The van der Waals surface area contributed by atoms with Crippen LogP contribution in [0.1, 0.15) is 0 Å². The first-order chi connectivity index (χ1) is 7.75. The lowest BCUT2D eigenvalue weighted by Crippen LogP contribution is -1.69. The second-order valence-electron chi connectivity index (χ2n) is 3.08. The van der Waals surface area contributed by atoms with E-state index in [0.717, 1.165) is 0 Å². The maximum absolute atomic E-state index is 9.44. The van der Waals surface area contributed by atoms with Gasteiger partial charge in [-0.25, -0.2) is 0 Å². The summed E-state index contributed by atoms with van der Waals surface area (Å²) in [6.45, 7) is 0. The number of phenolic OH excluding ortho intramolecular Hbond substituents is 2. The molecule has 0 saturated carbocycles. The minimum atomic E-state index is -0.118. The summed E-state index contributed by atoms with van der Waals surface area (Å²) < 4.78 is 0. The predicted molar refractivity (Wildman–Crippen MR) is 58.2 cm³/mol. The van der Waals surface area contributed by atoms with Gasteiger partial charge in [-0.3, -0.25) is 4.98 Å². The van der Waals surface area contributed by atoms with Crippen LogP contribution in [0.2, 0.25) is 0 Å². The Hall–Kier alpha value is -2.43. The van der Waals surface area contributed by atoms with E-state index < -0.39 is 0 Å². The molecule has 0 aliphatic heterocycles. The van der Waals surface area contributed by atoms with Gasteiger partial charge in [-0.15, -0.1) is 10.2 Å². The van der Waals surface area contributed by atoms with Crippen molar-refractivity contribution in [2.45, 2.75) is 0 Å². The fourth-order valence-corrected chi connectivity index (χ4v) is 1.12. The van der Waals surface area contributed by atoms with E-state index in [1.165, 1.54) is 18.2 Å². The van der Waals surface area contributed by atoms with E-state index >= 15 is 0 Å². The molecule has 0 fully saturated rings. The number of hydrogen-bond acceptors (Lipinski definition) is 5. The summed E-state index contributed by atoms with van der Waals surface area (Å²) in [5.74, 6) is -0.134. The number of nitrogens with zero attached hydrogens (tertiary/aromatic N) is 3. The highest BCUT2D eigenvalue weighted by Gasteiger charge is 2.00. The van der Waals surface area contributed by atoms with E-state index in [4.69, 9.17) is 5.11 Å². The average molecular weight is 215 g/mol. The third-order valence-electron chi connectivity index (χ3n) is 1.88. The lowest BCUT2D eigenvalue weighted by atomic mass is 10.3. The van der Waals surface area contributed by atoms with E-state index in [2.05, 4.69) is 15.2 Å². The number of pyridine rings is 1. The van der Waals surface area contributed by atoms with E-state index in [-0.39, 0.29) is 11.5 Å². The minimum Gasteiger partial charge on any atom is -0.508 e. The number of hydrogen-bond donors (Lipinski definition) is 2. The molecule has 80 valence electrons. The Balaban J connectivity index is 2.24. The fraction of sp³-hybridized carbons (Fsp3) is 0. The lowest BCUT2D eigenvalue weighted by Gasteiger charge is -1.97. The molecule has 2 N–H and O–H groups in total. The molecule has 0 radical (unpaired) electrons. The first-order valence-corrected chi connectivity index (χ1v) is 4.59. The molecule has 5 heteroatoms. The van der Waals surface area contributed by atoms with E-state index in [0.29, 0.717) is 11.4 Å². The van der Waals surface area contributed by atoms with Crippen molar-refractivity contribution < 1.29 is 10.2 Å². The molecule has 2 rings (SSSR count). The summed E-state index contributed by atoms with van der Waals surface area (Å²) in [7, 11) is 0. The Morgan fingerprint density at radius 3 is 2.62 bits per heavy atom. The number of aromatic nitrogens is 1. The topological polar surface area (TPSA) is 78.1 Å². The molecule has 16 heavy (non-hydrogen) atoms. The second kappa shape index (κ2) is 4.39. The van der Waals surface area contributed by atoms with Gasteiger partial charge in [0, 0.05) is 12.3 Å². The summed E-state index contributed by atoms with van der Waals surface area (Å²) in [6.07, 6.45) is 3.19. The van der Waals surface area contributed by atoms with Gasteiger partial charge in [0.15, 0.2) is 0 Å². The number of azo groups is 1. The maximum Gasteiger partial charge on any atom is 0.146 e. The molecule has 0 aliphatic carbocycles. The number of rotatable bonds is 2. The van der Waals surface area contributed by atoms with Crippen LogP contribution in [0.4, 0.5) is 11.4 Å².